The summed E-state index contributed by atoms with van der Waals surface area (Å²) in [4.78, 5) is 23.1. The van der Waals surface area contributed by atoms with Crippen LogP contribution < -0.4 is 4.90 Å². The van der Waals surface area contributed by atoms with Crippen LogP contribution in [-0.4, -0.2) is 28.0 Å². The Hall–Kier alpha value is -3.67. The number of halogens is 1. The molecule has 5 nitrogen and oxygen atoms in total. The summed E-state index contributed by atoms with van der Waals surface area (Å²) in [6, 6.07) is 18.9. The standard InChI is InChI=1S/C22H16FN3O2/c1-26-18-12-5-2-7-13(18)22(21(26)28,14-8-6-9-15(23)19(14)27)20-24-16-10-3-4-11-17(16)25-20/h2-12,27H,1H3,(H,24,25). The van der Waals surface area contributed by atoms with E-state index in [1.807, 2.05) is 48.5 Å². The van der Waals surface area contributed by atoms with Crippen LogP contribution in [-0.2, 0) is 10.2 Å². The summed E-state index contributed by atoms with van der Waals surface area (Å²) in [7, 11) is 1.67. The number of nitrogens with zero attached hydrogens (tertiary/aromatic N) is 2. The number of imidazole rings is 1. The average molecular weight is 373 g/mol. The molecule has 1 aliphatic heterocycles. The largest absolute Gasteiger partial charge is 0.505 e. The second kappa shape index (κ2) is 5.66. The van der Waals surface area contributed by atoms with Crippen LogP contribution in [0, 0.1) is 5.82 Å². The zero-order valence-corrected chi connectivity index (χ0v) is 15.0. The highest BCUT2D eigenvalue weighted by atomic mass is 19.1. The molecule has 5 rings (SSSR count). The van der Waals surface area contributed by atoms with Crippen molar-refractivity contribution in [2.75, 3.05) is 11.9 Å². The highest BCUT2D eigenvalue weighted by Gasteiger charge is 2.56. The number of phenols is 1. The van der Waals surface area contributed by atoms with Crippen LogP contribution in [0.3, 0.4) is 0 Å². The molecule has 28 heavy (non-hydrogen) atoms. The number of aromatic hydroxyl groups is 1. The van der Waals surface area contributed by atoms with E-state index in [9.17, 15) is 14.3 Å². The highest BCUT2D eigenvalue weighted by molar-refractivity contribution is 6.12. The molecule has 0 bridgehead atoms. The van der Waals surface area contributed by atoms with Crippen molar-refractivity contribution in [3.8, 4) is 5.75 Å². The molecule has 0 fully saturated rings. The van der Waals surface area contributed by atoms with E-state index in [1.54, 1.807) is 13.1 Å². The molecule has 0 aliphatic carbocycles. The fourth-order valence-electron chi connectivity index (χ4n) is 4.12. The van der Waals surface area contributed by atoms with Crippen LogP contribution in [0.25, 0.3) is 11.0 Å². The Labute approximate surface area is 160 Å². The van der Waals surface area contributed by atoms with Gasteiger partial charge in [0.15, 0.2) is 17.0 Å². The topological polar surface area (TPSA) is 69.2 Å². The third-order valence-corrected chi connectivity index (χ3v) is 5.43. The number of H-pyrrole nitrogens is 1. The maximum atomic E-state index is 14.3. The van der Waals surface area contributed by atoms with Gasteiger partial charge in [-0.15, -0.1) is 0 Å². The molecule has 2 N–H and O–H groups in total. The molecule has 0 saturated heterocycles. The Morgan fingerprint density at radius 3 is 2.54 bits per heavy atom. The quantitative estimate of drug-likeness (QED) is 0.563. The van der Waals surface area contributed by atoms with E-state index in [4.69, 9.17) is 0 Å². The van der Waals surface area contributed by atoms with E-state index in [0.717, 1.165) is 5.52 Å². The van der Waals surface area contributed by atoms with E-state index in [-0.39, 0.29) is 11.5 Å². The van der Waals surface area contributed by atoms with Crippen molar-refractivity contribution in [1.29, 1.82) is 0 Å². The molecule has 2 heterocycles. The first-order valence-electron chi connectivity index (χ1n) is 8.86. The Bertz CT molecular complexity index is 1220. The molecule has 138 valence electrons. The lowest BCUT2D eigenvalue weighted by molar-refractivity contribution is -0.120. The molecule has 3 aromatic carbocycles. The van der Waals surface area contributed by atoms with Gasteiger partial charge in [0.2, 0.25) is 5.91 Å². The fraction of sp³-hybridized carbons (Fsp3) is 0.0909. The normalized spacial score (nSPS) is 18.6. The minimum Gasteiger partial charge on any atom is -0.505 e. The predicted octanol–water partition coefficient (Wildman–Crippen LogP) is 3.72. The lowest BCUT2D eigenvalue weighted by Crippen LogP contribution is -2.41. The highest BCUT2D eigenvalue weighted by Crippen LogP contribution is 2.51. The van der Waals surface area contributed by atoms with E-state index in [0.29, 0.717) is 22.6 Å². The number of benzene rings is 3. The number of fused-ring (bicyclic) bond motifs is 2. The molecule has 1 aromatic heterocycles. The Kier molecular flexibility index (Phi) is 3.34. The minimum absolute atomic E-state index is 0.161. The monoisotopic (exact) mass is 373 g/mol. The van der Waals surface area contributed by atoms with E-state index < -0.39 is 17.0 Å². The van der Waals surface area contributed by atoms with Gasteiger partial charge in [-0.05, 0) is 24.3 Å². The lowest BCUT2D eigenvalue weighted by atomic mass is 9.74. The summed E-state index contributed by atoms with van der Waals surface area (Å²) < 4.78 is 14.3. The second-order valence-corrected chi connectivity index (χ2v) is 6.87. The Morgan fingerprint density at radius 2 is 1.71 bits per heavy atom. The number of phenolic OH excluding ortho intramolecular Hbond substituents is 1. The van der Waals surface area contributed by atoms with Gasteiger partial charge in [0.1, 0.15) is 5.82 Å². The van der Waals surface area contributed by atoms with Crippen molar-refractivity contribution >= 4 is 22.6 Å². The van der Waals surface area contributed by atoms with Crippen LogP contribution in [0.2, 0.25) is 0 Å². The maximum Gasteiger partial charge on any atom is 0.249 e. The molecule has 1 amide bonds. The zero-order chi connectivity index (χ0) is 19.5. The zero-order valence-electron chi connectivity index (χ0n) is 15.0. The SMILES string of the molecule is CN1C(=O)C(c2nc3ccccc3[nH]2)(c2cccc(F)c2O)c2ccccc21. The van der Waals surface area contributed by atoms with Crippen LogP contribution in [0.4, 0.5) is 10.1 Å². The summed E-state index contributed by atoms with van der Waals surface area (Å²) in [5, 5.41) is 10.6. The molecule has 0 radical (unpaired) electrons. The maximum absolute atomic E-state index is 14.3. The van der Waals surface area contributed by atoms with Crippen LogP contribution in [0.5, 0.6) is 5.75 Å². The van der Waals surface area contributed by atoms with Crippen molar-refractivity contribution in [3.63, 3.8) is 0 Å². The van der Waals surface area contributed by atoms with Crippen LogP contribution in [0.1, 0.15) is 17.0 Å². The van der Waals surface area contributed by atoms with E-state index in [2.05, 4.69) is 9.97 Å². The van der Waals surface area contributed by atoms with Crippen molar-refractivity contribution in [3.05, 3.63) is 89.5 Å². The van der Waals surface area contributed by atoms with Gasteiger partial charge in [0.25, 0.3) is 0 Å². The lowest BCUT2D eigenvalue weighted by Gasteiger charge is -2.27. The first-order valence-corrected chi connectivity index (χ1v) is 8.86. The molecule has 0 spiro atoms. The number of aromatic nitrogens is 2. The molecule has 4 aromatic rings. The van der Waals surface area contributed by atoms with Crippen molar-refractivity contribution in [1.82, 2.24) is 9.97 Å². The predicted molar refractivity (Wildman–Crippen MR) is 104 cm³/mol. The van der Waals surface area contributed by atoms with Gasteiger partial charge >= 0.3 is 0 Å². The number of hydrogen-bond acceptors (Lipinski definition) is 3. The number of hydrogen-bond donors (Lipinski definition) is 2. The number of likely N-dealkylation sites (N-methyl/N-ethyl adjacent to an activating group) is 1. The third-order valence-electron chi connectivity index (χ3n) is 5.43. The van der Waals surface area contributed by atoms with Gasteiger partial charge in [-0.25, -0.2) is 9.37 Å². The Morgan fingerprint density at radius 1 is 1.00 bits per heavy atom. The average Bonchev–Trinajstić information content (AvgIpc) is 3.23. The van der Waals surface area contributed by atoms with Crippen molar-refractivity contribution < 1.29 is 14.3 Å². The van der Waals surface area contributed by atoms with E-state index >= 15 is 0 Å². The van der Waals surface area contributed by atoms with Gasteiger partial charge in [0.05, 0.1) is 11.0 Å². The summed E-state index contributed by atoms with van der Waals surface area (Å²) >= 11 is 0. The number of carbonyl (C=O) groups is 1. The number of rotatable bonds is 2. The summed E-state index contributed by atoms with van der Waals surface area (Å²) in [6.45, 7) is 0. The summed E-state index contributed by atoms with van der Waals surface area (Å²) in [6.07, 6.45) is 0. The number of amides is 1. The number of anilines is 1. The van der Waals surface area contributed by atoms with Gasteiger partial charge in [-0.3, -0.25) is 4.79 Å². The third kappa shape index (κ3) is 1.94. The van der Waals surface area contributed by atoms with Crippen LogP contribution in [0.15, 0.2) is 66.7 Å². The molecular weight excluding hydrogens is 357 g/mol. The second-order valence-electron chi connectivity index (χ2n) is 6.87. The molecule has 1 unspecified atom stereocenters. The van der Waals surface area contributed by atoms with Gasteiger partial charge in [-0.2, -0.15) is 0 Å². The van der Waals surface area contributed by atoms with Crippen molar-refractivity contribution in [2.45, 2.75) is 5.41 Å². The minimum atomic E-state index is -1.48. The summed E-state index contributed by atoms with van der Waals surface area (Å²) in [5.41, 5.74) is 1.46. The Balaban J connectivity index is 1.94. The first-order chi connectivity index (χ1) is 13.5. The molecule has 0 saturated carbocycles. The molecular formula is C22H16FN3O2. The molecule has 1 atom stereocenters. The van der Waals surface area contributed by atoms with Gasteiger partial charge < -0.3 is 15.0 Å². The number of para-hydroxylation sites is 4. The number of nitrogens with one attached hydrogen (secondary N) is 1. The summed E-state index contributed by atoms with van der Waals surface area (Å²) in [5.74, 6) is -1.31. The number of aromatic amines is 1. The number of carbonyl (C=O) groups excluding carboxylic acids is 1. The fourth-order valence-corrected chi connectivity index (χ4v) is 4.12. The first kappa shape index (κ1) is 16.5. The molecule has 6 heteroatoms. The van der Waals surface area contributed by atoms with Gasteiger partial charge in [-0.1, -0.05) is 42.5 Å². The van der Waals surface area contributed by atoms with Gasteiger partial charge in [0, 0.05) is 23.9 Å². The van der Waals surface area contributed by atoms with Crippen LogP contribution >= 0.6 is 0 Å². The molecule has 1 aliphatic rings. The van der Waals surface area contributed by atoms with E-state index in [1.165, 1.54) is 17.0 Å². The van der Waals surface area contributed by atoms with Crippen molar-refractivity contribution in [2.24, 2.45) is 0 Å². The smallest absolute Gasteiger partial charge is 0.249 e.